The summed E-state index contributed by atoms with van der Waals surface area (Å²) in [6.45, 7) is 5.50. The van der Waals surface area contributed by atoms with Crippen molar-refractivity contribution in [1.82, 2.24) is 4.90 Å². The van der Waals surface area contributed by atoms with Crippen molar-refractivity contribution in [2.45, 2.75) is 63.0 Å². The van der Waals surface area contributed by atoms with Crippen LogP contribution < -0.4 is 0 Å². The van der Waals surface area contributed by atoms with Crippen LogP contribution in [0.5, 0.6) is 11.5 Å². The van der Waals surface area contributed by atoms with Gasteiger partial charge < -0.3 is 14.9 Å². The molecule has 1 spiro atoms. The third kappa shape index (κ3) is 1.69. The maximum Gasteiger partial charge on any atom is 0.161 e. The van der Waals surface area contributed by atoms with Gasteiger partial charge in [-0.25, -0.2) is 0 Å². The monoisotopic (exact) mass is 331 g/mol. The van der Waals surface area contributed by atoms with Crippen molar-refractivity contribution in [2.75, 3.05) is 13.3 Å². The minimum absolute atomic E-state index is 0.0472. The predicted molar refractivity (Wildman–Crippen MR) is 89.2 cm³/mol. The first kappa shape index (κ1) is 15.9. The van der Waals surface area contributed by atoms with Crippen LogP contribution >= 0.6 is 0 Å². The number of rotatable bonds is 0. The Kier molecular flexibility index (Phi) is 3.45. The zero-order valence-electron chi connectivity index (χ0n) is 14.3. The van der Waals surface area contributed by atoms with E-state index in [1.165, 1.54) is 0 Å². The minimum Gasteiger partial charge on any atom is -0.504 e. The minimum atomic E-state index is -0.476. The van der Waals surface area contributed by atoms with E-state index in [-0.39, 0.29) is 28.9 Å². The quantitative estimate of drug-likeness (QED) is 0.715. The molecule has 4 atom stereocenters. The lowest BCUT2D eigenvalue weighted by atomic mass is 9.49. The first-order valence-electron chi connectivity index (χ1n) is 9.01. The van der Waals surface area contributed by atoms with Crippen LogP contribution in [0.15, 0.2) is 12.1 Å². The lowest BCUT2D eigenvalue weighted by molar-refractivity contribution is -0.143. The number of fused-ring (bicyclic) bond motifs is 1. The molecule has 0 radical (unpaired) electrons. The Labute approximate surface area is 142 Å². The van der Waals surface area contributed by atoms with Gasteiger partial charge in [-0.1, -0.05) is 19.9 Å². The number of carbonyl (C=O) groups excluding carboxylic acids is 1. The number of hydrogen-bond donors (Lipinski definition) is 2. The Morgan fingerprint density at radius 2 is 2.04 bits per heavy atom. The van der Waals surface area contributed by atoms with Crippen LogP contribution in [0.1, 0.15) is 50.7 Å². The number of aromatic hydroxyl groups is 2. The van der Waals surface area contributed by atoms with E-state index in [4.69, 9.17) is 4.74 Å². The maximum absolute atomic E-state index is 12.3. The van der Waals surface area contributed by atoms with Gasteiger partial charge >= 0.3 is 0 Å². The van der Waals surface area contributed by atoms with Gasteiger partial charge in [0.2, 0.25) is 0 Å². The summed E-state index contributed by atoms with van der Waals surface area (Å²) in [6.07, 6.45) is 3.32. The molecular formula is C19H25NO4. The van der Waals surface area contributed by atoms with Crippen molar-refractivity contribution in [3.05, 3.63) is 23.3 Å². The van der Waals surface area contributed by atoms with E-state index in [9.17, 15) is 15.0 Å². The first-order valence-corrected chi connectivity index (χ1v) is 9.01. The van der Waals surface area contributed by atoms with Gasteiger partial charge in [-0.15, -0.1) is 0 Å². The molecule has 1 aromatic rings. The molecular weight excluding hydrogens is 306 g/mol. The molecule has 4 bridgehead atoms. The second kappa shape index (κ2) is 5.20. The summed E-state index contributed by atoms with van der Waals surface area (Å²) >= 11 is 0. The summed E-state index contributed by atoms with van der Waals surface area (Å²) in [7, 11) is 0. The van der Waals surface area contributed by atoms with Gasteiger partial charge in [0.15, 0.2) is 11.5 Å². The highest BCUT2D eigenvalue weighted by Crippen LogP contribution is 2.63. The molecule has 1 aromatic carbocycles. The average Bonchev–Trinajstić information content (AvgIpc) is 2.84. The van der Waals surface area contributed by atoms with Crippen LogP contribution in [-0.2, 0) is 21.4 Å². The molecule has 130 valence electrons. The van der Waals surface area contributed by atoms with E-state index in [0.717, 1.165) is 36.9 Å². The number of hydrogen-bond acceptors (Lipinski definition) is 5. The van der Waals surface area contributed by atoms with E-state index in [0.29, 0.717) is 19.6 Å². The van der Waals surface area contributed by atoms with E-state index in [1.807, 2.05) is 19.9 Å². The highest BCUT2D eigenvalue weighted by Gasteiger charge is 2.69. The molecule has 2 saturated heterocycles. The Morgan fingerprint density at radius 1 is 1.25 bits per heavy atom. The van der Waals surface area contributed by atoms with E-state index >= 15 is 0 Å². The Hall–Kier alpha value is -1.59. The second-order valence-electron chi connectivity index (χ2n) is 7.21. The first-order chi connectivity index (χ1) is 11.6. The molecule has 5 nitrogen and oxygen atoms in total. The zero-order chi connectivity index (χ0) is 17.1. The van der Waals surface area contributed by atoms with Crippen molar-refractivity contribution >= 4 is 5.78 Å². The third-order valence-electron chi connectivity index (χ3n) is 6.51. The van der Waals surface area contributed by atoms with Crippen molar-refractivity contribution in [3.8, 4) is 11.5 Å². The van der Waals surface area contributed by atoms with Crippen molar-refractivity contribution in [2.24, 2.45) is 0 Å². The van der Waals surface area contributed by atoms with Gasteiger partial charge in [0, 0.05) is 36.4 Å². The number of carbonyl (C=O) groups is 1. The maximum atomic E-state index is 12.3. The van der Waals surface area contributed by atoms with Gasteiger partial charge in [0.1, 0.15) is 12.5 Å². The topological polar surface area (TPSA) is 70.0 Å². The summed E-state index contributed by atoms with van der Waals surface area (Å²) in [4.78, 5) is 14.7. The molecule has 4 aliphatic rings. The van der Waals surface area contributed by atoms with Gasteiger partial charge in [-0.2, -0.15) is 0 Å². The fraction of sp³-hybridized carbons (Fsp3) is 0.632. The predicted octanol–water partition coefficient (Wildman–Crippen LogP) is 2.47. The Balaban J connectivity index is 0.000000704. The van der Waals surface area contributed by atoms with Crippen molar-refractivity contribution in [1.29, 1.82) is 0 Å². The van der Waals surface area contributed by atoms with Crippen molar-refractivity contribution < 1.29 is 19.7 Å². The number of phenols is 2. The molecule has 0 amide bonds. The van der Waals surface area contributed by atoms with Crippen molar-refractivity contribution in [3.63, 3.8) is 0 Å². The summed E-state index contributed by atoms with van der Waals surface area (Å²) in [6, 6.07) is 3.74. The normalized spacial score (nSPS) is 38.7. The highest BCUT2D eigenvalue weighted by molar-refractivity contribution is 5.83. The fourth-order valence-corrected chi connectivity index (χ4v) is 5.62. The number of Topliss-reactive ketones (excluding diaryl/α,β-unsaturated/α-hetero) is 1. The van der Waals surface area contributed by atoms with Gasteiger partial charge in [0.05, 0.1) is 5.60 Å². The number of piperidine rings is 1. The van der Waals surface area contributed by atoms with Gasteiger partial charge in [-0.3, -0.25) is 9.69 Å². The van der Waals surface area contributed by atoms with Crippen LogP contribution in [-0.4, -0.2) is 45.8 Å². The molecule has 5 rings (SSSR count). The molecule has 2 aliphatic carbocycles. The zero-order valence-corrected chi connectivity index (χ0v) is 14.3. The molecule has 24 heavy (non-hydrogen) atoms. The number of phenolic OH excluding ortho intramolecular Hbond substituents is 2. The Bertz CT molecular complexity index is 703. The van der Waals surface area contributed by atoms with Crippen LogP contribution in [0.2, 0.25) is 0 Å². The molecule has 5 heteroatoms. The fourth-order valence-electron chi connectivity index (χ4n) is 5.62. The molecule has 1 saturated carbocycles. The molecule has 2 N–H and O–H groups in total. The third-order valence-corrected chi connectivity index (χ3v) is 6.51. The molecule has 2 aliphatic heterocycles. The van der Waals surface area contributed by atoms with E-state index < -0.39 is 5.41 Å². The van der Waals surface area contributed by atoms with Crippen LogP contribution in [0.3, 0.4) is 0 Å². The lowest BCUT2D eigenvalue weighted by Gasteiger charge is -2.60. The Morgan fingerprint density at radius 3 is 2.83 bits per heavy atom. The highest BCUT2D eigenvalue weighted by atomic mass is 16.5. The van der Waals surface area contributed by atoms with Crippen LogP contribution in [0, 0.1) is 0 Å². The number of benzene rings is 1. The summed E-state index contributed by atoms with van der Waals surface area (Å²) in [5.74, 6) is 0.0954. The second-order valence-corrected chi connectivity index (χ2v) is 7.21. The average molecular weight is 331 g/mol. The standard InChI is InChI=1S/C17H19NO4.C2H6/c19-11-3-4-17-13-7-10-1-2-12(20)15(21)14(10)16(17,8-11)5-6-18(13)9-22-17;1-2/h1-2,13,20-21H,3-9H2;1-2H3. The number of ketones is 1. The van der Waals surface area contributed by atoms with E-state index in [1.54, 1.807) is 6.07 Å². The SMILES string of the molecule is CC.O=C1CCC23OCN4CCC2(C1)c1c(ccc(O)c1O)CC43. The summed E-state index contributed by atoms with van der Waals surface area (Å²) < 4.78 is 6.31. The molecule has 3 fully saturated rings. The lowest BCUT2D eigenvalue weighted by Crippen LogP contribution is -2.69. The molecule has 0 aromatic heterocycles. The summed E-state index contributed by atoms with van der Waals surface area (Å²) in [5.41, 5.74) is 0.979. The van der Waals surface area contributed by atoms with Gasteiger partial charge in [0.25, 0.3) is 0 Å². The largest absolute Gasteiger partial charge is 0.504 e. The number of ether oxygens (including phenoxy) is 1. The van der Waals surface area contributed by atoms with Crippen LogP contribution in [0.25, 0.3) is 0 Å². The molecule has 2 heterocycles. The number of nitrogens with zero attached hydrogens (tertiary/aromatic N) is 1. The van der Waals surface area contributed by atoms with E-state index in [2.05, 4.69) is 4.90 Å². The summed E-state index contributed by atoms with van der Waals surface area (Å²) in [5, 5.41) is 20.6. The van der Waals surface area contributed by atoms with Gasteiger partial charge in [-0.05, 0) is 30.9 Å². The van der Waals surface area contributed by atoms with Crippen LogP contribution in [0.4, 0.5) is 0 Å². The molecule has 4 unspecified atom stereocenters. The smallest absolute Gasteiger partial charge is 0.161 e.